The lowest BCUT2D eigenvalue weighted by Crippen LogP contribution is -1.96. The van der Waals surface area contributed by atoms with E-state index in [2.05, 4.69) is 53.2 Å². The van der Waals surface area contributed by atoms with Crippen molar-refractivity contribution in [3.05, 3.63) is 72.5 Å². The van der Waals surface area contributed by atoms with Crippen molar-refractivity contribution in [2.45, 2.75) is 13.5 Å². The van der Waals surface area contributed by atoms with Gasteiger partial charge in [-0.05, 0) is 37.3 Å². The Morgan fingerprint density at radius 3 is 2.43 bits per heavy atom. The highest BCUT2D eigenvalue weighted by atomic mass is 19.1. The second-order valence-corrected chi connectivity index (χ2v) is 5.60. The van der Waals surface area contributed by atoms with Crippen LogP contribution in [-0.2, 0) is 6.54 Å². The molecule has 1 N–H and O–H groups in total. The number of rotatable bonds is 3. The van der Waals surface area contributed by atoms with Crippen LogP contribution in [0, 0.1) is 5.82 Å². The smallest absolute Gasteiger partial charge is 0.146 e. The average Bonchev–Trinajstić information content (AvgIpc) is 2.90. The number of nitrogens with zero attached hydrogens (tertiary/aromatic N) is 1. The van der Waals surface area contributed by atoms with E-state index in [1.807, 2.05) is 12.1 Å². The number of benzene rings is 3. The summed E-state index contributed by atoms with van der Waals surface area (Å²) >= 11 is 0. The molecule has 4 rings (SSSR count). The first-order chi connectivity index (χ1) is 11.3. The maximum atomic E-state index is 13.8. The highest BCUT2D eigenvalue weighted by Crippen LogP contribution is 2.31. The third kappa shape index (κ3) is 2.25. The summed E-state index contributed by atoms with van der Waals surface area (Å²) in [6.07, 6.45) is 0. The molecular weight excluding hydrogens is 287 g/mol. The third-order valence-electron chi connectivity index (χ3n) is 4.24. The summed E-state index contributed by atoms with van der Waals surface area (Å²) in [5.74, 6) is -0.247. The molecule has 0 aliphatic heterocycles. The van der Waals surface area contributed by atoms with Gasteiger partial charge in [-0.3, -0.25) is 0 Å². The van der Waals surface area contributed by atoms with E-state index in [0.717, 1.165) is 17.7 Å². The van der Waals surface area contributed by atoms with Crippen LogP contribution in [-0.4, -0.2) is 4.57 Å². The number of anilines is 2. The highest BCUT2D eigenvalue weighted by Gasteiger charge is 2.10. The van der Waals surface area contributed by atoms with Gasteiger partial charge in [0, 0.05) is 28.5 Å². The molecule has 1 aromatic heterocycles. The molecule has 0 fully saturated rings. The van der Waals surface area contributed by atoms with Crippen LogP contribution in [0.4, 0.5) is 15.8 Å². The molecule has 2 nitrogen and oxygen atoms in total. The van der Waals surface area contributed by atoms with Crippen molar-refractivity contribution in [1.29, 1.82) is 0 Å². The largest absolute Gasteiger partial charge is 0.353 e. The minimum absolute atomic E-state index is 0.247. The fraction of sp³-hybridized carbons (Fsp3) is 0.100. The number of hydrogen-bond donors (Lipinski definition) is 1. The number of hydrogen-bond acceptors (Lipinski definition) is 1. The van der Waals surface area contributed by atoms with E-state index in [1.165, 1.54) is 22.4 Å². The molecule has 1 heterocycles. The number of aryl methyl sites for hydroxylation is 1. The van der Waals surface area contributed by atoms with E-state index in [4.69, 9.17) is 0 Å². The molecule has 0 spiro atoms. The topological polar surface area (TPSA) is 17.0 Å². The first-order valence-electron chi connectivity index (χ1n) is 7.80. The molecule has 0 amide bonds. The Hall–Kier alpha value is -2.81. The van der Waals surface area contributed by atoms with Crippen molar-refractivity contribution in [3.8, 4) is 0 Å². The van der Waals surface area contributed by atoms with Gasteiger partial charge in [-0.2, -0.15) is 0 Å². The van der Waals surface area contributed by atoms with Crippen molar-refractivity contribution in [3.63, 3.8) is 0 Å². The molecule has 23 heavy (non-hydrogen) atoms. The molecule has 114 valence electrons. The average molecular weight is 304 g/mol. The van der Waals surface area contributed by atoms with Gasteiger partial charge in [0.15, 0.2) is 0 Å². The summed E-state index contributed by atoms with van der Waals surface area (Å²) in [6.45, 7) is 3.04. The fourth-order valence-electron chi connectivity index (χ4n) is 3.19. The predicted molar refractivity (Wildman–Crippen MR) is 94.8 cm³/mol. The van der Waals surface area contributed by atoms with Crippen LogP contribution < -0.4 is 5.32 Å². The molecular formula is C20H17FN2. The summed E-state index contributed by atoms with van der Waals surface area (Å²) in [5.41, 5.74) is 3.77. The van der Waals surface area contributed by atoms with Crippen molar-refractivity contribution >= 4 is 33.2 Å². The van der Waals surface area contributed by atoms with Gasteiger partial charge in [0.2, 0.25) is 0 Å². The normalized spacial score (nSPS) is 11.2. The molecule has 3 heteroatoms. The Morgan fingerprint density at radius 1 is 0.870 bits per heavy atom. The third-order valence-corrected chi connectivity index (χ3v) is 4.24. The number of aromatic nitrogens is 1. The molecule has 0 bridgehead atoms. The minimum Gasteiger partial charge on any atom is -0.353 e. The monoisotopic (exact) mass is 304 g/mol. The predicted octanol–water partition coefficient (Wildman–Crippen LogP) is 5.70. The molecule has 0 atom stereocenters. The SMILES string of the molecule is CCn1c2ccccc2c2ccc(Nc3ccccc3F)cc21. The van der Waals surface area contributed by atoms with Crippen LogP contribution in [0.2, 0.25) is 0 Å². The standard InChI is InChI=1S/C20H17FN2/c1-2-23-19-10-6-3-7-15(19)16-12-11-14(13-20(16)23)22-18-9-5-4-8-17(18)21/h3-13,22H,2H2,1H3. The molecule has 0 saturated heterocycles. The van der Waals surface area contributed by atoms with Crippen LogP contribution in [0.25, 0.3) is 21.8 Å². The Balaban J connectivity index is 1.88. The lowest BCUT2D eigenvalue weighted by Gasteiger charge is -2.09. The van der Waals surface area contributed by atoms with E-state index < -0.39 is 0 Å². The molecule has 3 aromatic carbocycles. The molecule has 0 aliphatic rings. The Bertz CT molecular complexity index is 1000. The zero-order valence-electron chi connectivity index (χ0n) is 12.9. The summed E-state index contributed by atoms with van der Waals surface area (Å²) in [5, 5.41) is 5.65. The van der Waals surface area contributed by atoms with Gasteiger partial charge < -0.3 is 9.88 Å². The first-order valence-corrected chi connectivity index (χ1v) is 7.80. The molecule has 4 aromatic rings. The van der Waals surface area contributed by atoms with Gasteiger partial charge in [-0.25, -0.2) is 4.39 Å². The molecule has 0 radical (unpaired) electrons. The highest BCUT2D eigenvalue weighted by molar-refractivity contribution is 6.08. The van der Waals surface area contributed by atoms with E-state index in [9.17, 15) is 4.39 Å². The van der Waals surface area contributed by atoms with Gasteiger partial charge in [0.05, 0.1) is 11.2 Å². The Labute approximate surface area is 134 Å². The fourth-order valence-corrected chi connectivity index (χ4v) is 3.19. The van der Waals surface area contributed by atoms with Gasteiger partial charge in [0.1, 0.15) is 5.82 Å². The van der Waals surface area contributed by atoms with Crippen molar-refractivity contribution in [2.24, 2.45) is 0 Å². The number of para-hydroxylation sites is 2. The number of fused-ring (bicyclic) bond motifs is 3. The van der Waals surface area contributed by atoms with Crippen LogP contribution in [0.15, 0.2) is 66.7 Å². The van der Waals surface area contributed by atoms with E-state index in [-0.39, 0.29) is 5.82 Å². The summed E-state index contributed by atoms with van der Waals surface area (Å²) in [6, 6.07) is 21.3. The van der Waals surface area contributed by atoms with Crippen LogP contribution in [0.3, 0.4) is 0 Å². The van der Waals surface area contributed by atoms with E-state index in [0.29, 0.717) is 5.69 Å². The molecule has 0 saturated carbocycles. The Morgan fingerprint density at radius 2 is 1.61 bits per heavy atom. The number of nitrogens with one attached hydrogen (secondary N) is 1. The van der Waals surface area contributed by atoms with Crippen LogP contribution >= 0.6 is 0 Å². The second-order valence-electron chi connectivity index (χ2n) is 5.60. The minimum atomic E-state index is -0.247. The summed E-state index contributed by atoms with van der Waals surface area (Å²) in [7, 11) is 0. The number of halogens is 1. The van der Waals surface area contributed by atoms with Crippen molar-refractivity contribution in [1.82, 2.24) is 4.57 Å². The van der Waals surface area contributed by atoms with Crippen molar-refractivity contribution in [2.75, 3.05) is 5.32 Å². The van der Waals surface area contributed by atoms with Crippen LogP contribution in [0.1, 0.15) is 6.92 Å². The van der Waals surface area contributed by atoms with Crippen LogP contribution in [0.5, 0.6) is 0 Å². The Kier molecular flexibility index (Phi) is 3.27. The van der Waals surface area contributed by atoms with Gasteiger partial charge in [-0.1, -0.05) is 36.4 Å². The second kappa shape index (κ2) is 5.43. The first kappa shape index (κ1) is 13.8. The van der Waals surface area contributed by atoms with E-state index in [1.54, 1.807) is 12.1 Å². The van der Waals surface area contributed by atoms with Gasteiger partial charge in [0.25, 0.3) is 0 Å². The van der Waals surface area contributed by atoms with Gasteiger partial charge >= 0.3 is 0 Å². The van der Waals surface area contributed by atoms with E-state index >= 15 is 0 Å². The maximum absolute atomic E-state index is 13.8. The molecule has 0 aliphatic carbocycles. The summed E-state index contributed by atoms with van der Waals surface area (Å²) < 4.78 is 16.1. The quantitative estimate of drug-likeness (QED) is 0.514. The van der Waals surface area contributed by atoms with Gasteiger partial charge in [-0.15, -0.1) is 0 Å². The lowest BCUT2D eigenvalue weighted by atomic mass is 10.1. The zero-order chi connectivity index (χ0) is 15.8. The zero-order valence-corrected chi connectivity index (χ0v) is 12.9. The lowest BCUT2D eigenvalue weighted by molar-refractivity contribution is 0.632. The van der Waals surface area contributed by atoms with Crippen molar-refractivity contribution < 1.29 is 4.39 Å². The molecule has 0 unspecified atom stereocenters. The maximum Gasteiger partial charge on any atom is 0.146 e. The summed E-state index contributed by atoms with van der Waals surface area (Å²) in [4.78, 5) is 0.